The summed E-state index contributed by atoms with van der Waals surface area (Å²) in [6, 6.07) is 0. The van der Waals surface area contributed by atoms with E-state index >= 15 is 0 Å². The highest BCUT2D eigenvalue weighted by Crippen LogP contribution is 2.36. The van der Waals surface area contributed by atoms with E-state index in [-0.39, 0.29) is 17.2 Å². The summed E-state index contributed by atoms with van der Waals surface area (Å²) in [6.07, 6.45) is 2.37. The van der Waals surface area contributed by atoms with Crippen LogP contribution >= 0.6 is 0 Å². The first kappa shape index (κ1) is 16.3. The lowest BCUT2D eigenvalue weighted by molar-refractivity contribution is -0.144. The minimum absolute atomic E-state index is 0.199. The van der Waals surface area contributed by atoms with E-state index < -0.39 is 0 Å². The van der Waals surface area contributed by atoms with Gasteiger partial charge in [-0.1, -0.05) is 20.8 Å². The first-order valence-electron chi connectivity index (χ1n) is 8.29. The Bertz CT molecular complexity index is 389. The molecule has 0 aliphatic carbocycles. The van der Waals surface area contributed by atoms with E-state index in [0.717, 1.165) is 39.0 Å². The summed E-state index contributed by atoms with van der Waals surface area (Å²) in [6.45, 7) is 10.8. The van der Waals surface area contributed by atoms with Crippen LogP contribution in [0.5, 0.6) is 0 Å². The van der Waals surface area contributed by atoms with Gasteiger partial charge in [0.2, 0.25) is 11.8 Å². The topological polar surface area (TPSA) is 52.7 Å². The van der Waals surface area contributed by atoms with Crippen LogP contribution in [0.25, 0.3) is 0 Å². The molecule has 0 bridgehead atoms. The zero-order valence-electron chi connectivity index (χ0n) is 13.7. The van der Waals surface area contributed by atoms with Crippen LogP contribution in [0.4, 0.5) is 0 Å². The fourth-order valence-electron chi connectivity index (χ4n) is 3.54. The number of hydrogen-bond donors (Lipinski definition) is 1. The Kier molecular flexibility index (Phi) is 5.25. The maximum atomic E-state index is 13.0. The fourth-order valence-corrected chi connectivity index (χ4v) is 3.54. The van der Waals surface area contributed by atoms with Crippen molar-refractivity contribution in [3.8, 4) is 0 Å². The van der Waals surface area contributed by atoms with Gasteiger partial charge in [0.15, 0.2) is 0 Å². The molecule has 0 aromatic carbocycles. The standard InChI is InChI=1S/C16H29N3O2/c1-4-14(20)18-8-5-9-19(11-10-18)15(21)16(13(2)3)6-7-17-12-16/h13,17H,4-12H2,1-3H3. The number of amides is 2. The summed E-state index contributed by atoms with van der Waals surface area (Å²) >= 11 is 0. The molecule has 0 aromatic heterocycles. The van der Waals surface area contributed by atoms with E-state index in [2.05, 4.69) is 19.2 Å². The van der Waals surface area contributed by atoms with E-state index in [1.54, 1.807) is 0 Å². The molecular formula is C16H29N3O2. The monoisotopic (exact) mass is 295 g/mol. The molecule has 0 aromatic rings. The Labute approximate surface area is 128 Å². The second-order valence-corrected chi connectivity index (χ2v) is 6.62. The van der Waals surface area contributed by atoms with Gasteiger partial charge < -0.3 is 15.1 Å². The Morgan fingerprint density at radius 2 is 1.81 bits per heavy atom. The molecule has 0 radical (unpaired) electrons. The van der Waals surface area contributed by atoms with Gasteiger partial charge in [0, 0.05) is 39.1 Å². The second kappa shape index (κ2) is 6.77. The van der Waals surface area contributed by atoms with Gasteiger partial charge >= 0.3 is 0 Å². The van der Waals surface area contributed by atoms with Crippen LogP contribution in [0.1, 0.15) is 40.0 Å². The summed E-state index contributed by atoms with van der Waals surface area (Å²) in [7, 11) is 0. The Morgan fingerprint density at radius 1 is 1.14 bits per heavy atom. The second-order valence-electron chi connectivity index (χ2n) is 6.62. The predicted octanol–water partition coefficient (Wildman–Crippen LogP) is 1.09. The molecular weight excluding hydrogens is 266 g/mol. The van der Waals surface area contributed by atoms with E-state index in [0.29, 0.717) is 25.4 Å². The van der Waals surface area contributed by atoms with Crippen molar-refractivity contribution in [2.45, 2.75) is 40.0 Å². The molecule has 1 unspecified atom stereocenters. The molecule has 1 atom stereocenters. The Morgan fingerprint density at radius 3 is 2.38 bits per heavy atom. The van der Waals surface area contributed by atoms with Gasteiger partial charge in [-0.2, -0.15) is 0 Å². The SMILES string of the molecule is CCC(=O)N1CCCN(C(=O)C2(C(C)C)CCNC2)CC1. The Hall–Kier alpha value is -1.10. The molecule has 5 nitrogen and oxygen atoms in total. The van der Waals surface area contributed by atoms with Crippen molar-refractivity contribution in [2.24, 2.45) is 11.3 Å². The van der Waals surface area contributed by atoms with Gasteiger partial charge in [0.1, 0.15) is 0 Å². The molecule has 120 valence electrons. The van der Waals surface area contributed by atoms with Gasteiger partial charge in [-0.15, -0.1) is 0 Å². The molecule has 2 fully saturated rings. The van der Waals surface area contributed by atoms with Crippen LogP contribution in [0.15, 0.2) is 0 Å². The third kappa shape index (κ3) is 3.23. The van der Waals surface area contributed by atoms with E-state index in [9.17, 15) is 9.59 Å². The van der Waals surface area contributed by atoms with Crippen molar-refractivity contribution in [1.82, 2.24) is 15.1 Å². The van der Waals surface area contributed by atoms with Crippen LogP contribution in [0.3, 0.4) is 0 Å². The highest BCUT2D eigenvalue weighted by atomic mass is 16.2. The number of carbonyl (C=O) groups is 2. The highest BCUT2D eigenvalue weighted by molar-refractivity contribution is 5.84. The van der Waals surface area contributed by atoms with Crippen molar-refractivity contribution in [1.29, 1.82) is 0 Å². The molecule has 0 saturated carbocycles. The molecule has 21 heavy (non-hydrogen) atoms. The molecule has 2 saturated heterocycles. The van der Waals surface area contributed by atoms with Gasteiger partial charge in [-0.05, 0) is 25.3 Å². The lowest BCUT2D eigenvalue weighted by atomic mass is 9.75. The molecule has 2 aliphatic heterocycles. The Balaban J connectivity index is 2.04. The first-order chi connectivity index (χ1) is 10.0. The average molecular weight is 295 g/mol. The number of carbonyl (C=O) groups excluding carboxylic acids is 2. The maximum absolute atomic E-state index is 13.0. The summed E-state index contributed by atoms with van der Waals surface area (Å²) in [4.78, 5) is 28.8. The molecule has 5 heteroatoms. The normalized spacial score (nSPS) is 27.0. The first-order valence-corrected chi connectivity index (χ1v) is 8.29. The van der Waals surface area contributed by atoms with Crippen molar-refractivity contribution in [3.63, 3.8) is 0 Å². The molecule has 0 spiro atoms. The highest BCUT2D eigenvalue weighted by Gasteiger charge is 2.46. The van der Waals surface area contributed by atoms with Gasteiger partial charge in [0.25, 0.3) is 0 Å². The zero-order chi connectivity index (χ0) is 15.5. The van der Waals surface area contributed by atoms with Crippen molar-refractivity contribution < 1.29 is 9.59 Å². The smallest absolute Gasteiger partial charge is 0.230 e. The summed E-state index contributed by atoms with van der Waals surface area (Å²) < 4.78 is 0. The number of rotatable bonds is 3. The predicted molar refractivity (Wildman–Crippen MR) is 82.8 cm³/mol. The van der Waals surface area contributed by atoms with Crippen LogP contribution in [0, 0.1) is 11.3 Å². The summed E-state index contributed by atoms with van der Waals surface area (Å²) in [5, 5.41) is 3.35. The van der Waals surface area contributed by atoms with E-state index in [4.69, 9.17) is 0 Å². The maximum Gasteiger partial charge on any atom is 0.230 e. The number of nitrogens with one attached hydrogen (secondary N) is 1. The van der Waals surface area contributed by atoms with Gasteiger partial charge in [-0.25, -0.2) is 0 Å². The number of nitrogens with zero attached hydrogens (tertiary/aromatic N) is 2. The van der Waals surface area contributed by atoms with Gasteiger partial charge in [0.05, 0.1) is 5.41 Å². The van der Waals surface area contributed by atoms with Crippen molar-refractivity contribution in [3.05, 3.63) is 0 Å². The number of hydrogen-bond acceptors (Lipinski definition) is 3. The van der Waals surface area contributed by atoms with Crippen LogP contribution < -0.4 is 5.32 Å². The van der Waals surface area contributed by atoms with Gasteiger partial charge in [-0.3, -0.25) is 9.59 Å². The van der Waals surface area contributed by atoms with Crippen molar-refractivity contribution in [2.75, 3.05) is 39.3 Å². The van der Waals surface area contributed by atoms with Crippen LogP contribution in [-0.4, -0.2) is 60.9 Å². The molecule has 2 heterocycles. The van der Waals surface area contributed by atoms with Crippen LogP contribution in [0.2, 0.25) is 0 Å². The minimum Gasteiger partial charge on any atom is -0.341 e. The van der Waals surface area contributed by atoms with Crippen molar-refractivity contribution >= 4 is 11.8 Å². The van der Waals surface area contributed by atoms with E-state index in [1.165, 1.54) is 0 Å². The fraction of sp³-hybridized carbons (Fsp3) is 0.875. The molecule has 2 aliphatic rings. The minimum atomic E-state index is -0.246. The lowest BCUT2D eigenvalue weighted by Gasteiger charge is -2.36. The largest absolute Gasteiger partial charge is 0.341 e. The quantitative estimate of drug-likeness (QED) is 0.848. The zero-order valence-corrected chi connectivity index (χ0v) is 13.7. The van der Waals surface area contributed by atoms with E-state index in [1.807, 2.05) is 16.7 Å². The lowest BCUT2D eigenvalue weighted by Crippen LogP contribution is -2.49. The third-order valence-corrected chi connectivity index (χ3v) is 5.16. The molecule has 2 rings (SSSR count). The molecule has 1 N–H and O–H groups in total. The summed E-state index contributed by atoms with van der Waals surface area (Å²) in [5.74, 6) is 0.829. The molecule has 2 amide bonds. The summed E-state index contributed by atoms with van der Waals surface area (Å²) in [5.41, 5.74) is -0.246. The third-order valence-electron chi connectivity index (χ3n) is 5.16. The van der Waals surface area contributed by atoms with Crippen LogP contribution in [-0.2, 0) is 9.59 Å². The average Bonchev–Trinajstić information content (AvgIpc) is 2.85.